The molecule has 19 heavy (non-hydrogen) atoms. The van der Waals surface area contributed by atoms with Crippen molar-refractivity contribution in [3.8, 4) is 5.75 Å². The SMILES string of the molecule is CC(C)CCCOc1ccc(C(=O)N(C)C)cc1N. The van der Waals surface area contributed by atoms with Crippen molar-refractivity contribution >= 4 is 11.6 Å². The Kier molecular flexibility index (Phi) is 5.67. The minimum absolute atomic E-state index is 0.0574. The minimum atomic E-state index is -0.0574. The van der Waals surface area contributed by atoms with Crippen LogP contribution in [0.2, 0.25) is 0 Å². The molecule has 0 radical (unpaired) electrons. The highest BCUT2D eigenvalue weighted by Gasteiger charge is 2.10. The maximum Gasteiger partial charge on any atom is 0.253 e. The largest absolute Gasteiger partial charge is 0.491 e. The monoisotopic (exact) mass is 264 g/mol. The lowest BCUT2D eigenvalue weighted by atomic mass is 10.1. The van der Waals surface area contributed by atoms with Crippen molar-refractivity contribution in [2.75, 3.05) is 26.4 Å². The van der Waals surface area contributed by atoms with Gasteiger partial charge in [-0.1, -0.05) is 13.8 Å². The van der Waals surface area contributed by atoms with E-state index in [-0.39, 0.29) is 5.91 Å². The van der Waals surface area contributed by atoms with Crippen molar-refractivity contribution in [3.63, 3.8) is 0 Å². The van der Waals surface area contributed by atoms with Gasteiger partial charge in [-0.15, -0.1) is 0 Å². The van der Waals surface area contributed by atoms with Crippen molar-refractivity contribution < 1.29 is 9.53 Å². The molecule has 1 aromatic rings. The molecular formula is C15H24N2O2. The molecular weight excluding hydrogens is 240 g/mol. The average Bonchev–Trinajstić information content (AvgIpc) is 2.34. The first kappa shape index (κ1) is 15.3. The van der Waals surface area contributed by atoms with E-state index in [1.54, 1.807) is 32.3 Å². The number of benzene rings is 1. The molecule has 0 saturated carbocycles. The third-order valence-corrected chi connectivity index (χ3v) is 2.85. The second-order valence-electron chi connectivity index (χ2n) is 5.34. The van der Waals surface area contributed by atoms with Crippen LogP contribution in [0, 0.1) is 5.92 Å². The Morgan fingerprint density at radius 3 is 2.58 bits per heavy atom. The Balaban J connectivity index is 2.60. The number of rotatable bonds is 6. The van der Waals surface area contributed by atoms with E-state index in [1.807, 2.05) is 0 Å². The van der Waals surface area contributed by atoms with Crippen LogP contribution in [0.4, 0.5) is 5.69 Å². The fraction of sp³-hybridized carbons (Fsp3) is 0.533. The number of nitrogens with two attached hydrogens (primary N) is 1. The summed E-state index contributed by atoms with van der Waals surface area (Å²) in [6.07, 6.45) is 2.15. The van der Waals surface area contributed by atoms with E-state index in [2.05, 4.69) is 13.8 Å². The summed E-state index contributed by atoms with van der Waals surface area (Å²) < 4.78 is 5.63. The van der Waals surface area contributed by atoms with Crippen LogP contribution in [0.5, 0.6) is 5.75 Å². The molecule has 0 heterocycles. The highest BCUT2D eigenvalue weighted by atomic mass is 16.5. The second kappa shape index (κ2) is 7.02. The van der Waals surface area contributed by atoms with Crippen LogP contribution in [-0.4, -0.2) is 31.5 Å². The number of amides is 1. The van der Waals surface area contributed by atoms with Gasteiger partial charge in [-0.05, 0) is 37.0 Å². The number of carbonyl (C=O) groups is 1. The molecule has 4 heteroatoms. The third kappa shape index (κ3) is 4.81. The molecule has 1 aromatic carbocycles. The second-order valence-corrected chi connectivity index (χ2v) is 5.34. The van der Waals surface area contributed by atoms with Gasteiger partial charge in [0.1, 0.15) is 5.75 Å². The number of carbonyl (C=O) groups excluding carboxylic acids is 1. The average molecular weight is 264 g/mol. The minimum Gasteiger partial charge on any atom is -0.491 e. The predicted molar refractivity (Wildman–Crippen MR) is 78.4 cm³/mol. The first-order chi connectivity index (χ1) is 8.91. The summed E-state index contributed by atoms with van der Waals surface area (Å²) in [5.41, 5.74) is 7.00. The number of anilines is 1. The van der Waals surface area contributed by atoms with Gasteiger partial charge in [-0.2, -0.15) is 0 Å². The third-order valence-electron chi connectivity index (χ3n) is 2.85. The zero-order valence-corrected chi connectivity index (χ0v) is 12.3. The molecule has 0 fully saturated rings. The fourth-order valence-electron chi connectivity index (χ4n) is 1.74. The van der Waals surface area contributed by atoms with E-state index in [9.17, 15) is 4.79 Å². The topological polar surface area (TPSA) is 55.6 Å². The van der Waals surface area contributed by atoms with E-state index in [1.165, 1.54) is 4.90 Å². The van der Waals surface area contributed by atoms with Crippen LogP contribution in [0.25, 0.3) is 0 Å². The quantitative estimate of drug-likeness (QED) is 0.635. The van der Waals surface area contributed by atoms with Crippen molar-refractivity contribution in [1.29, 1.82) is 0 Å². The van der Waals surface area contributed by atoms with E-state index in [4.69, 9.17) is 10.5 Å². The molecule has 0 atom stereocenters. The van der Waals surface area contributed by atoms with Gasteiger partial charge < -0.3 is 15.4 Å². The van der Waals surface area contributed by atoms with E-state index < -0.39 is 0 Å². The summed E-state index contributed by atoms with van der Waals surface area (Å²) in [6, 6.07) is 5.18. The number of hydrogen-bond donors (Lipinski definition) is 1. The van der Waals surface area contributed by atoms with Crippen LogP contribution >= 0.6 is 0 Å². The van der Waals surface area contributed by atoms with E-state index in [0.717, 1.165) is 12.8 Å². The molecule has 0 aliphatic heterocycles. The van der Waals surface area contributed by atoms with E-state index >= 15 is 0 Å². The van der Waals surface area contributed by atoms with Crippen LogP contribution in [0.3, 0.4) is 0 Å². The van der Waals surface area contributed by atoms with Gasteiger partial charge in [0.2, 0.25) is 0 Å². The van der Waals surface area contributed by atoms with Gasteiger partial charge in [0.25, 0.3) is 5.91 Å². The molecule has 0 saturated heterocycles. The van der Waals surface area contributed by atoms with Crippen molar-refractivity contribution in [3.05, 3.63) is 23.8 Å². The Hall–Kier alpha value is -1.71. The van der Waals surface area contributed by atoms with Crippen LogP contribution in [-0.2, 0) is 0 Å². The van der Waals surface area contributed by atoms with Gasteiger partial charge in [-0.25, -0.2) is 0 Å². The maximum atomic E-state index is 11.8. The highest BCUT2D eigenvalue weighted by molar-refractivity contribution is 5.95. The molecule has 0 aliphatic carbocycles. The van der Waals surface area contributed by atoms with Gasteiger partial charge in [-0.3, -0.25) is 4.79 Å². The zero-order valence-electron chi connectivity index (χ0n) is 12.3. The summed E-state index contributed by atoms with van der Waals surface area (Å²) in [5.74, 6) is 1.28. The molecule has 1 rings (SSSR count). The van der Waals surface area contributed by atoms with E-state index in [0.29, 0.717) is 29.5 Å². The molecule has 0 spiro atoms. The molecule has 0 unspecified atom stereocenters. The van der Waals surface area contributed by atoms with Crippen LogP contribution in [0.1, 0.15) is 37.0 Å². The molecule has 0 aliphatic rings. The first-order valence-corrected chi connectivity index (χ1v) is 6.65. The summed E-state index contributed by atoms with van der Waals surface area (Å²) in [4.78, 5) is 13.3. The fourth-order valence-corrected chi connectivity index (χ4v) is 1.74. The summed E-state index contributed by atoms with van der Waals surface area (Å²) in [6.45, 7) is 5.04. The van der Waals surface area contributed by atoms with Crippen molar-refractivity contribution in [2.45, 2.75) is 26.7 Å². The van der Waals surface area contributed by atoms with Gasteiger partial charge in [0, 0.05) is 19.7 Å². The molecule has 1 amide bonds. The lowest BCUT2D eigenvalue weighted by Gasteiger charge is -2.13. The summed E-state index contributed by atoms with van der Waals surface area (Å²) >= 11 is 0. The highest BCUT2D eigenvalue weighted by Crippen LogP contribution is 2.23. The van der Waals surface area contributed by atoms with Crippen molar-refractivity contribution in [1.82, 2.24) is 4.90 Å². The van der Waals surface area contributed by atoms with Crippen LogP contribution in [0.15, 0.2) is 18.2 Å². The smallest absolute Gasteiger partial charge is 0.253 e. The Morgan fingerprint density at radius 2 is 2.05 bits per heavy atom. The predicted octanol–water partition coefficient (Wildman–Crippen LogP) is 2.79. The molecule has 0 bridgehead atoms. The zero-order chi connectivity index (χ0) is 14.4. The number of hydrogen-bond acceptors (Lipinski definition) is 3. The standard InChI is InChI=1S/C15H24N2O2/c1-11(2)6-5-9-19-14-8-7-12(10-13(14)16)15(18)17(3)4/h7-8,10-11H,5-6,9,16H2,1-4H3. The Morgan fingerprint density at radius 1 is 1.37 bits per heavy atom. The molecule has 2 N–H and O–H groups in total. The van der Waals surface area contributed by atoms with Gasteiger partial charge in [0.15, 0.2) is 0 Å². The lowest BCUT2D eigenvalue weighted by molar-refractivity contribution is 0.0827. The summed E-state index contributed by atoms with van der Waals surface area (Å²) in [7, 11) is 3.43. The Labute approximate surface area is 115 Å². The molecule has 0 aromatic heterocycles. The van der Waals surface area contributed by atoms with Crippen LogP contribution < -0.4 is 10.5 Å². The molecule has 106 valence electrons. The number of nitrogens with zero attached hydrogens (tertiary/aromatic N) is 1. The maximum absolute atomic E-state index is 11.8. The Bertz CT molecular complexity index is 428. The van der Waals surface area contributed by atoms with Gasteiger partial charge >= 0.3 is 0 Å². The number of ether oxygens (including phenoxy) is 1. The molecule has 4 nitrogen and oxygen atoms in total. The number of nitrogen functional groups attached to an aromatic ring is 1. The first-order valence-electron chi connectivity index (χ1n) is 6.65. The lowest BCUT2D eigenvalue weighted by Crippen LogP contribution is -2.21. The van der Waals surface area contributed by atoms with Gasteiger partial charge in [0.05, 0.1) is 12.3 Å². The van der Waals surface area contributed by atoms with Crippen molar-refractivity contribution in [2.24, 2.45) is 5.92 Å². The normalized spacial score (nSPS) is 10.6. The summed E-state index contributed by atoms with van der Waals surface area (Å²) in [5, 5.41) is 0.